The van der Waals surface area contributed by atoms with E-state index in [9.17, 15) is 15.0 Å². The second-order valence-electron chi connectivity index (χ2n) is 7.83. The number of aromatic amines is 1. The van der Waals surface area contributed by atoms with Crippen LogP contribution in [0.3, 0.4) is 0 Å². The number of carbonyl (C=O) groups excluding carboxylic acids is 1. The number of H-pyrrole nitrogens is 1. The van der Waals surface area contributed by atoms with E-state index in [2.05, 4.69) is 36.2 Å². The number of aromatic nitrogens is 2. The van der Waals surface area contributed by atoms with Crippen molar-refractivity contribution in [3.63, 3.8) is 0 Å². The van der Waals surface area contributed by atoms with Gasteiger partial charge in [0.2, 0.25) is 0 Å². The molecule has 0 saturated carbocycles. The van der Waals surface area contributed by atoms with Crippen molar-refractivity contribution in [2.75, 3.05) is 13.2 Å². The molecule has 1 atom stereocenters. The van der Waals surface area contributed by atoms with Crippen LogP contribution in [0.4, 0.5) is 0 Å². The maximum absolute atomic E-state index is 13.0. The zero-order chi connectivity index (χ0) is 20.7. The first-order chi connectivity index (χ1) is 13.9. The highest BCUT2D eigenvalue weighted by Crippen LogP contribution is 2.44. The molecular formula is C23H25N3O3. The van der Waals surface area contributed by atoms with E-state index in [1.807, 2.05) is 31.2 Å². The van der Waals surface area contributed by atoms with Crippen molar-refractivity contribution >= 4 is 5.91 Å². The van der Waals surface area contributed by atoms with E-state index in [0.29, 0.717) is 22.9 Å². The number of phenols is 1. The molecular weight excluding hydrogens is 366 g/mol. The van der Waals surface area contributed by atoms with E-state index in [1.54, 1.807) is 11.0 Å². The van der Waals surface area contributed by atoms with Crippen LogP contribution in [0.5, 0.6) is 5.75 Å². The van der Waals surface area contributed by atoms with Crippen LogP contribution in [-0.2, 0) is 0 Å². The van der Waals surface area contributed by atoms with E-state index in [0.717, 1.165) is 16.7 Å². The highest BCUT2D eigenvalue weighted by Gasteiger charge is 2.42. The highest BCUT2D eigenvalue weighted by atomic mass is 16.3. The number of hydrogen-bond donors (Lipinski definition) is 3. The number of rotatable bonds is 5. The van der Waals surface area contributed by atoms with Crippen molar-refractivity contribution < 1.29 is 15.0 Å². The summed E-state index contributed by atoms with van der Waals surface area (Å²) >= 11 is 0. The van der Waals surface area contributed by atoms with E-state index in [1.165, 1.54) is 5.56 Å². The van der Waals surface area contributed by atoms with Gasteiger partial charge in [0.25, 0.3) is 5.91 Å². The molecule has 1 unspecified atom stereocenters. The number of amides is 1. The Morgan fingerprint density at radius 3 is 2.55 bits per heavy atom. The fourth-order valence-electron chi connectivity index (χ4n) is 3.99. The summed E-state index contributed by atoms with van der Waals surface area (Å²) in [6.45, 7) is 6.31. The largest absolute Gasteiger partial charge is 0.507 e. The Balaban J connectivity index is 1.88. The quantitative estimate of drug-likeness (QED) is 0.618. The Morgan fingerprint density at radius 1 is 1.17 bits per heavy atom. The third-order valence-electron chi connectivity index (χ3n) is 5.53. The first kappa shape index (κ1) is 19.2. The summed E-state index contributed by atoms with van der Waals surface area (Å²) in [4.78, 5) is 14.7. The molecule has 6 nitrogen and oxygen atoms in total. The van der Waals surface area contributed by atoms with Crippen molar-refractivity contribution in [1.29, 1.82) is 0 Å². The molecule has 4 rings (SSSR count). The summed E-state index contributed by atoms with van der Waals surface area (Å²) in [7, 11) is 0. The number of aliphatic hydroxyl groups excluding tert-OH is 1. The van der Waals surface area contributed by atoms with Gasteiger partial charge in [-0.15, -0.1) is 0 Å². The molecule has 1 aliphatic heterocycles. The van der Waals surface area contributed by atoms with Crippen LogP contribution in [-0.4, -0.2) is 44.4 Å². The number of aliphatic hydroxyl groups is 1. The van der Waals surface area contributed by atoms with Crippen molar-refractivity contribution in [2.24, 2.45) is 0 Å². The van der Waals surface area contributed by atoms with Crippen molar-refractivity contribution in [3.8, 4) is 17.0 Å². The lowest BCUT2D eigenvalue weighted by Crippen LogP contribution is -2.32. The number of benzene rings is 2. The van der Waals surface area contributed by atoms with Crippen molar-refractivity contribution in [1.82, 2.24) is 15.1 Å². The van der Waals surface area contributed by atoms with Gasteiger partial charge in [-0.2, -0.15) is 5.10 Å². The standard InChI is InChI=1S/C23H25N3O3/c1-13(2)15-5-7-16(8-6-15)22-19-20(17-12-14(3)4-9-18(17)28)24-25-21(19)23(29)26(22)10-11-27/h4-9,12-13,22,27-28H,10-11H2,1-3H3,(H,24,25). The monoisotopic (exact) mass is 391 g/mol. The first-order valence-electron chi connectivity index (χ1n) is 9.82. The van der Waals surface area contributed by atoms with Crippen LogP contribution in [0.25, 0.3) is 11.3 Å². The summed E-state index contributed by atoms with van der Waals surface area (Å²) in [6, 6.07) is 13.2. The van der Waals surface area contributed by atoms with E-state index >= 15 is 0 Å². The van der Waals surface area contributed by atoms with Gasteiger partial charge in [-0.1, -0.05) is 49.7 Å². The fraction of sp³-hybridized carbons (Fsp3) is 0.304. The molecule has 6 heteroatoms. The Morgan fingerprint density at radius 2 is 1.90 bits per heavy atom. The van der Waals surface area contributed by atoms with Crippen LogP contribution in [0.2, 0.25) is 0 Å². The van der Waals surface area contributed by atoms with Gasteiger partial charge in [-0.25, -0.2) is 0 Å². The lowest BCUT2D eigenvalue weighted by atomic mass is 9.93. The molecule has 1 aromatic heterocycles. The maximum atomic E-state index is 13.0. The molecule has 29 heavy (non-hydrogen) atoms. The number of aromatic hydroxyl groups is 1. The second-order valence-corrected chi connectivity index (χ2v) is 7.83. The van der Waals surface area contributed by atoms with Gasteiger partial charge in [0.05, 0.1) is 12.6 Å². The molecule has 2 heterocycles. The van der Waals surface area contributed by atoms with Crippen LogP contribution in [0.15, 0.2) is 42.5 Å². The average Bonchev–Trinajstić information content (AvgIpc) is 3.24. The number of fused-ring (bicyclic) bond motifs is 1. The molecule has 0 bridgehead atoms. The molecule has 1 aliphatic rings. The second kappa shape index (κ2) is 7.37. The fourth-order valence-corrected chi connectivity index (χ4v) is 3.99. The smallest absolute Gasteiger partial charge is 0.273 e. The Labute approximate surface area is 169 Å². The minimum absolute atomic E-state index is 0.117. The molecule has 0 aliphatic carbocycles. The highest BCUT2D eigenvalue weighted by molar-refractivity contribution is 6.00. The lowest BCUT2D eigenvalue weighted by molar-refractivity contribution is 0.0706. The Kier molecular flexibility index (Phi) is 4.88. The van der Waals surface area contributed by atoms with E-state index < -0.39 is 0 Å². The summed E-state index contributed by atoms with van der Waals surface area (Å²) in [5.74, 6) is 0.330. The van der Waals surface area contributed by atoms with Crippen LogP contribution >= 0.6 is 0 Å². The van der Waals surface area contributed by atoms with Crippen LogP contribution in [0, 0.1) is 6.92 Å². The van der Waals surface area contributed by atoms with Crippen LogP contribution in [0.1, 0.15) is 58.5 Å². The van der Waals surface area contributed by atoms with Crippen molar-refractivity contribution in [3.05, 3.63) is 70.4 Å². The van der Waals surface area contributed by atoms with E-state index in [4.69, 9.17) is 0 Å². The predicted octanol–water partition coefficient (Wildman–Crippen LogP) is 3.75. The minimum Gasteiger partial charge on any atom is -0.507 e. The number of aryl methyl sites for hydroxylation is 1. The van der Waals surface area contributed by atoms with Crippen molar-refractivity contribution in [2.45, 2.75) is 32.7 Å². The average molecular weight is 391 g/mol. The molecule has 0 saturated heterocycles. The van der Waals surface area contributed by atoms with Gasteiger partial charge >= 0.3 is 0 Å². The van der Waals surface area contributed by atoms with Gasteiger partial charge in [0.1, 0.15) is 17.1 Å². The Hall–Kier alpha value is -3.12. The van der Waals surface area contributed by atoms with Gasteiger partial charge in [-0.3, -0.25) is 9.89 Å². The molecule has 0 spiro atoms. The molecule has 1 amide bonds. The Bertz CT molecular complexity index is 1050. The summed E-state index contributed by atoms with van der Waals surface area (Å²) in [6.07, 6.45) is 0. The number of β-amino-alcohol motifs (C(OH)–C–C–N with tert-alkyl or cyclic N) is 1. The minimum atomic E-state index is -0.375. The van der Waals surface area contributed by atoms with Gasteiger partial charge < -0.3 is 15.1 Å². The third kappa shape index (κ3) is 3.19. The molecule has 3 aromatic rings. The molecule has 2 aromatic carbocycles. The van der Waals surface area contributed by atoms with Gasteiger partial charge in [0.15, 0.2) is 0 Å². The van der Waals surface area contributed by atoms with Gasteiger partial charge in [-0.05, 0) is 36.1 Å². The molecule has 150 valence electrons. The zero-order valence-electron chi connectivity index (χ0n) is 16.8. The molecule has 0 radical (unpaired) electrons. The molecule has 3 N–H and O–H groups in total. The topological polar surface area (TPSA) is 89.5 Å². The first-order valence-corrected chi connectivity index (χ1v) is 9.82. The number of nitrogens with zero attached hydrogens (tertiary/aromatic N) is 2. The molecule has 0 fully saturated rings. The predicted molar refractivity (Wildman–Crippen MR) is 111 cm³/mol. The number of carbonyl (C=O) groups is 1. The third-order valence-corrected chi connectivity index (χ3v) is 5.53. The number of phenolic OH excluding ortho intramolecular Hbond substituents is 1. The normalized spacial score (nSPS) is 16.0. The van der Waals surface area contributed by atoms with Gasteiger partial charge in [0, 0.05) is 17.7 Å². The maximum Gasteiger partial charge on any atom is 0.273 e. The number of hydrogen-bond acceptors (Lipinski definition) is 4. The zero-order valence-corrected chi connectivity index (χ0v) is 16.8. The SMILES string of the molecule is Cc1ccc(O)c(-c2n[nH]c3c2C(c2ccc(C(C)C)cc2)N(CCO)C3=O)c1. The summed E-state index contributed by atoms with van der Waals surface area (Å²) in [5, 5.41) is 27.2. The lowest BCUT2D eigenvalue weighted by Gasteiger charge is -2.26. The summed E-state index contributed by atoms with van der Waals surface area (Å²) in [5.41, 5.74) is 5.45. The number of nitrogens with one attached hydrogen (secondary N) is 1. The van der Waals surface area contributed by atoms with Crippen LogP contribution < -0.4 is 0 Å². The van der Waals surface area contributed by atoms with E-state index in [-0.39, 0.29) is 30.9 Å². The summed E-state index contributed by atoms with van der Waals surface area (Å²) < 4.78 is 0.